The van der Waals surface area contributed by atoms with E-state index in [0.29, 0.717) is 17.9 Å². The third-order valence-electron chi connectivity index (χ3n) is 4.02. The van der Waals surface area contributed by atoms with Crippen LogP contribution >= 0.6 is 11.6 Å². The quantitative estimate of drug-likeness (QED) is 0.923. The van der Waals surface area contributed by atoms with Crippen molar-refractivity contribution in [3.05, 3.63) is 52.9 Å². The van der Waals surface area contributed by atoms with Crippen LogP contribution in [0, 0.1) is 0 Å². The van der Waals surface area contributed by atoms with Gasteiger partial charge in [-0.05, 0) is 43.0 Å². The summed E-state index contributed by atoms with van der Waals surface area (Å²) in [6.45, 7) is 0. The monoisotopic (exact) mass is 285 g/mol. The smallest absolute Gasteiger partial charge is 0.133 e. The Morgan fingerprint density at radius 1 is 1.20 bits per heavy atom. The van der Waals surface area contributed by atoms with Crippen molar-refractivity contribution in [2.24, 2.45) is 0 Å². The molecule has 0 bridgehead atoms. The Hall–Kier alpha value is -1.61. The number of nitrogens with zero attached hydrogens (tertiary/aromatic N) is 2. The summed E-state index contributed by atoms with van der Waals surface area (Å²) in [6, 6.07) is 10.6. The van der Waals surface area contributed by atoms with Crippen LogP contribution in [0.25, 0.3) is 0 Å². The van der Waals surface area contributed by atoms with Crippen LogP contribution in [-0.2, 0) is 0 Å². The Balaban J connectivity index is 1.45. The SMILES string of the molecule is Clc1cccc(C2CC2Nc2ccnc(C3CC3)n2)c1. The molecule has 2 aliphatic carbocycles. The Kier molecular flexibility index (Phi) is 2.88. The topological polar surface area (TPSA) is 37.8 Å². The van der Waals surface area contributed by atoms with Gasteiger partial charge in [-0.3, -0.25) is 0 Å². The van der Waals surface area contributed by atoms with Gasteiger partial charge in [0.15, 0.2) is 0 Å². The Morgan fingerprint density at radius 2 is 2.10 bits per heavy atom. The van der Waals surface area contributed by atoms with E-state index < -0.39 is 0 Å². The average molecular weight is 286 g/mol. The standard InChI is InChI=1S/C16H16ClN3/c17-12-3-1-2-11(8-12)13-9-14(13)19-15-6-7-18-16(20-15)10-4-5-10/h1-3,6-8,10,13-14H,4-5,9H2,(H,18,19,20). The maximum Gasteiger partial charge on any atom is 0.133 e. The van der Waals surface area contributed by atoms with E-state index in [2.05, 4.69) is 27.4 Å². The summed E-state index contributed by atoms with van der Waals surface area (Å²) in [7, 11) is 0. The second-order valence-corrected chi connectivity index (χ2v) is 6.16. The van der Waals surface area contributed by atoms with E-state index in [1.165, 1.54) is 18.4 Å². The first-order valence-corrected chi connectivity index (χ1v) is 7.52. The number of anilines is 1. The zero-order valence-corrected chi connectivity index (χ0v) is 11.8. The highest BCUT2D eigenvalue weighted by atomic mass is 35.5. The zero-order valence-electron chi connectivity index (χ0n) is 11.1. The summed E-state index contributed by atoms with van der Waals surface area (Å²) >= 11 is 6.05. The first-order chi connectivity index (χ1) is 9.79. The number of halogens is 1. The molecule has 0 aliphatic heterocycles. The van der Waals surface area contributed by atoms with Crippen LogP contribution in [0.5, 0.6) is 0 Å². The van der Waals surface area contributed by atoms with Gasteiger partial charge >= 0.3 is 0 Å². The lowest BCUT2D eigenvalue weighted by Crippen LogP contribution is -2.07. The van der Waals surface area contributed by atoms with Crippen molar-refractivity contribution >= 4 is 17.4 Å². The lowest BCUT2D eigenvalue weighted by Gasteiger charge is -2.06. The number of nitrogens with one attached hydrogen (secondary N) is 1. The number of rotatable bonds is 4. The molecule has 0 saturated heterocycles. The molecule has 102 valence electrons. The highest BCUT2D eigenvalue weighted by Gasteiger charge is 2.38. The molecule has 20 heavy (non-hydrogen) atoms. The van der Waals surface area contributed by atoms with Crippen molar-refractivity contribution in [3.8, 4) is 0 Å². The highest BCUT2D eigenvalue weighted by molar-refractivity contribution is 6.30. The van der Waals surface area contributed by atoms with Crippen LogP contribution in [0.4, 0.5) is 5.82 Å². The molecule has 4 heteroatoms. The first kappa shape index (κ1) is 12.2. The van der Waals surface area contributed by atoms with Crippen molar-refractivity contribution in [1.29, 1.82) is 0 Å². The predicted octanol–water partition coefficient (Wildman–Crippen LogP) is 3.98. The molecule has 3 nitrogen and oxygen atoms in total. The van der Waals surface area contributed by atoms with E-state index >= 15 is 0 Å². The van der Waals surface area contributed by atoms with Crippen molar-refractivity contribution in [3.63, 3.8) is 0 Å². The molecule has 2 aromatic rings. The van der Waals surface area contributed by atoms with Crippen LogP contribution < -0.4 is 5.32 Å². The normalized spacial score (nSPS) is 24.4. The van der Waals surface area contributed by atoms with Gasteiger partial charge in [0, 0.05) is 29.1 Å². The van der Waals surface area contributed by atoms with Crippen molar-refractivity contribution in [2.75, 3.05) is 5.32 Å². The summed E-state index contributed by atoms with van der Waals surface area (Å²) in [5.74, 6) is 3.10. The molecule has 4 rings (SSSR count). The van der Waals surface area contributed by atoms with E-state index in [1.54, 1.807) is 0 Å². The molecule has 1 aromatic heterocycles. The number of aromatic nitrogens is 2. The van der Waals surface area contributed by atoms with Crippen LogP contribution in [-0.4, -0.2) is 16.0 Å². The van der Waals surface area contributed by atoms with Gasteiger partial charge in [0.1, 0.15) is 11.6 Å². The molecule has 0 spiro atoms. The number of hydrogen-bond acceptors (Lipinski definition) is 3. The Labute approximate surface area is 123 Å². The number of hydrogen-bond donors (Lipinski definition) is 1. The summed E-state index contributed by atoms with van der Waals surface area (Å²) in [4.78, 5) is 8.96. The molecule has 2 atom stereocenters. The fourth-order valence-electron chi connectivity index (χ4n) is 2.64. The maximum absolute atomic E-state index is 6.05. The van der Waals surface area contributed by atoms with Crippen molar-refractivity contribution < 1.29 is 0 Å². The van der Waals surface area contributed by atoms with Gasteiger partial charge in [0.25, 0.3) is 0 Å². The third-order valence-corrected chi connectivity index (χ3v) is 4.25. The second-order valence-electron chi connectivity index (χ2n) is 5.72. The van der Waals surface area contributed by atoms with E-state index in [1.807, 2.05) is 24.4 Å². The van der Waals surface area contributed by atoms with Crippen molar-refractivity contribution in [1.82, 2.24) is 9.97 Å². The maximum atomic E-state index is 6.05. The minimum atomic E-state index is 0.468. The van der Waals surface area contributed by atoms with Gasteiger partial charge in [-0.2, -0.15) is 0 Å². The summed E-state index contributed by atoms with van der Waals surface area (Å²) < 4.78 is 0. The Morgan fingerprint density at radius 3 is 2.90 bits per heavy atom. The molecular weight excluding hydrogens is 270 g/mol. The van der Waals surface area contributed by atoms with Crippen LogP contribution in [0.1, 0.15) is 42.5 Å². The van der Waals surface area contributed by atoms with Crippen LogP contribution in [0.15, 0.2) is 36.5 Å². The van der Waals surface area contributed by atoms with E-state index in [4.69, 9.17) is 11.6 Å². The average Bonchev–Trinajstić information content (AvgIpc) is 3.34. The minimum Gasteiger partial charge on any atom is -0.367 e. The molecule has 2 aliphatic rings. The predicted molar refractivity (Wildman–Crippen MR) is 80.2 cm³/mol. The lowest BCUT2D eigenvalue weighted by molar-refractivity contribution is 0.916. The van der Waals surface area contributed by atoms with E-state index in [9.17, 15) is 0 Å². The van der Waals surface area contributed by atoms with Crippen LogP contribution in [0.3, 0.4) is 0 Å². The summed E-state index contributed by atoms with van der Waals surface area (Å²) in [6.07, 6.45) is 5.47. The van der Waals surface area contributed by atoms with Gasteiger partial charge in [0.2, 0.25) is 0 Å². The number of benzene rings is 1. The largest absolute Gasteiger partial charge is 0.367 e. The third kappa shape index (κ3) is 2.50. The fraction of sp³-hybridized carbons (Fsp3) is 0.375. The lowest BCUT2D eigenvalue weighted by atomic mass is 10.1. The van der Waals surface area contributed by atoms with Gasteiger partial charge in [-0.25, -0.2) is 9.97 Å². The molecule has 2 fully saturated rings. The molecule has 1 N–H and O–H groups in total. The molecule has 0 amide bonds. The van der Waals surface area contributed by atoms with Gasteiger partial charge in [-0.1, -0.05) is 23.7 Å². The van der Waals surface area contributed by atoms with Crippen LogP contribution in [0.2, 0.25) is 5.02 Å². The second kappa shape index (κ2) is 4.74. The van der Waals surface area contributed by atoms with E-state index in [0.717, 1.165) is 23.1 Å². The van der Waals surface area contributed by atoms with Gasteiger partial charge in [0.05, 0.1) is 0 Å². The zero-order chi connectivity index (χ0) is 13.5. The minimum absolute atomic E-state index is 0.468. The first-order valence-electron chi connectivity index (χ1n) is 7.14. The molecule has 2 unspecified atom stereocenters. The van der Waals surface area contributed by atoms with E-state index in [-0.39, 0.29) is 0 Å². The molecular formula is C16H16ClN3. The molecule has 1 aromatic carbocycles. The molecule has 2 saturated carbocycles. The van der Waals surface area contributed by atoms with Gasteiger partial charge < -0.3 is 5.32 Å². The molecule has 1 heterocycles. The summed E-state index contributed by atoms with van der Waals surface area (Å²) in [5.41, 5.74) is 1.31. The fourth-order valence-corrected chi connectivity index (χ4v) is 2.84. The highest BCUT2D eigenvalue weighted by Crippen LogP contribution is 2.43. The van der Waals surface area contributed by atoms with Gasteiger partial charge in [-0.15, -0.1) is 0 Å². The van der Waals surface area contributed by atoms with Crippen molar-refractivity contribution in [2.45, 2.75) is 37.1 Å². The molecule has 0 radical (unpaired) electrons. The Bertz CT molecular complexity index is 639. The summed E-state index contributed by atoms with van der Waals surface area (Å²) in [5, 5.41) is 4.32.